The third-order valence-electron chi connectivity index (χ3n) is 2.92. The molecule has 0 atom stereocenters. The van der Waals surface area contributed by atoms with Crippen molar-refractivity contribution in [3.05, 3.63) is 59.2 Å². The van der Waals surface area contributed by atoms with Gasteiger partial charge in [-0.25, -0.2) is 4.79 Å². The molecule has 4 heteroatoms. The maximum absolute atomic E-state index is 12.2. The number of benzene rings is 2. The molecule has 0 unspecified atom stereocenters. The lowest BCUT2D eigenvalue weighted by molar-refractivity contribution is 0.102. The lowest BCUT2D eigenvalue weighted by Gasteiger charge is -2.09. The SMILES string of the molecule is Cc1cccc(C(=O)Nc2cc(N=C=O)ccc2C)c1. The van der Waals surface area contributed by atoms with Crippen LogP contribution in [0.3, 0.4) is 0 Å². The summed E-state index contributed by atoms with van der Waals surface area (Å²) in [7, 11) is 0. The highest BCUT2D eigenvalue weighted by molar-refractivity contribution is 6.04. The quantitative estimate of drug-likeness (QED) is 0.682. The summed E-state index contributed by atoms with van der Waals surface area (Å²) in [6.07, 6.45) is 1.49. The van der Waals surface area contributed by atoms with Crippen LogP contribution in [0.25, 0.3) is 0 Å². The lowest BCUT2D eigenvalue weighted by Crippen LogP contribution is -2.12. The van der Waals surface area contributed by atoms with E-state index >= 15 is 0 Å². The highest BCUT2D eigenvalue weighted by Gasteiger charge is 2.08. The molecule has 0 aliphatic rings. The van der Waals surface area contributed by atoms with Gasteiger partial charge in [0.2, 0.25) is 6.08 Å². The fourth-order valence-electron chi connectivity index (χ4n) is 1.85. The van der Waals surface area contributed by atoms with Crippen LogP contribution in [0.1, 0.15) is 21.5 Å². The van der Waals surface area contributed by atoms with Crippen LogP contribution in [0.5, 0.6) is 0 Å². The number of hydrogen-bond donors (Lipinski definition) is 1. The molecule has 0 aromatic heterocycles. The molecule has 1 amide bonds. The van der Waals surface area contributed by atoms with Crippen molar-refractivity contribution in [1.82, 2.24) is 0 Å². The summed E-state index contributed by atoms with van der Waals surface area (Å²) < 4.78 is 0. The molecule has 100 valence electrons. The van der Waals surface area contributed by atoms with Gasteiger partial charge in [-0.1, -0.05) is 23.8 Å². The highest BCUT2D eigenvalue weighted by Crippen LogP contribution is 2.22. The molecule has 2 rings (SSSR count). The Bertz CT molecular complexity index is 701. The molecular weight excluding hydrogens is 252 g/mol. The third-order valence-corrected chi connectivity index (χ3v) is 2.92. The first kappa shape index (κ1) is 13.7. The van der Waals surface area contributed by atoms with E-state index in [9.17, 15) is 9.59 Å². The molecule has 0 saturated heterocycles. The van der Waals surface area contributed by atoms with E-state index in [-0.39, 0.29) is 5.91 Å². The fraction of sp³-hybridized carbons (Fsp3) is 0.125. The van der Waals surface area contributed by atoms with Gasteiger partial charge in [0.25, 0.3) is 5.91 Å². The summed E-state index contributed by atoms with van der Waals surface area (Å²) in [5, 5.41) is 2.82. The van der Waals surface area contributed by atoms with Crippen molar-refractivity contribution < 1.29 is 9.59 Å². The Kier molecular flexibility index (Phi) is 4.08. The number of aliphatic imine (C=N–C) groups is 1. The van der Waals surface area contributed by atoms with Gasteiger partial charge in [0.05, 0.1) is 5.69 Å². The predicted molar refractivity (Wildman–Crippen MR) is 78.1 cm³/mol. The summed E-state index contributed by atoms with van der Waals surface area (Å²) in [6, 6.07) is 12.5. The van der Waals surface area contributed by atoms with Crippen molar-refractivity contribution in [3.63, 3.8) is 0 Å². The first-order chi connectivity index (χ1) is 9.60. The zero-order valence-corrected chi connectivity index (χ0v) is 11.3. The van der Waals surface area contributed by atoms with Crippen LogP contribution in [-0.4, -0.2) is 12.0 Å². The molecular formula is C16H14N2O2. The van der Waals surface area contributed by atoms with Gasteiger partial charge in [-0.2, -0.15) is 4.99 Å². The van der Waals surface area contributed by atoms with Gasteiger partial charge in [-0.15, -0.1) is 0 Å². The van der Waals surface area contributed by atoms with Crippen molar-refractivity contribution in [2.45, 2.75) is 13.8 Å². The molecule has 0 spiro atoms. The maximum atomic E-state index is 12.2. The molecule has 0 saturated carbocycles. The second kappa shape index (κ2) is 5.95. The number of anilines is 1. The number of rotatable bonds is 3. The van der Waals surface area contributed by atoms with E-state index < -0.39 is 0 Å². The van der Waals surface area contributed by atoms with Gasteiger partial charge in [0, 0.05) is 11.3 Å². The van der Waals surface area contributed by atoms with Gasteiger partial charge in [-0.3, -0.25) is 4.79 Å². The second-order valence-electron chi connectivity index (χ2n) is 4.53. The van der Waals surface area contributed by atoms with Crippen molar-refractivity contribution in [3.8, 4) is 0 Å². The van der Waals surface area contributed by atoms with Crippen LogP contribution in [0, 0.1) is 13.8 Å². The molecule has 0 bridgehead atoms. The van der Waals surface area contributed by atoms with Crippen LogP contribution < -0.4 is 5.32 Å². The first-order valence-corrected chi connectivity index (χ1v) is 6.16. The van der Waals surface area contributed by atoms with E-state index in [0.29, 0.717) is 16.9 Å². The fourth-order valence-corrected chi connectivity index (χ4v) is 1.85. The van der Waals surface area contributed by atoms with Crippen molar-refractivity contribution in [1.29, 1.82) is 0 Å². The lowest BCUT2D eigenvalue weighted by atomic mass is 10.1. The molecule has 2 aromatic carbocycles. The van der Waals surface area contributed by atoms with E-state index in [0.717, 1.165) is 11.1 Å². The van der Waals surface area contributed by atoms with Crippen LogP contribution >= 0.6 is 0 Å². The number of isocyanates is 1. The molecule has 0 radical (unpaired) electrons. The minimum absolute atomic E-state index is 0.191. The first-order valence-electron chi connectivity index (χ1n) is 6.16. The van der Waals surface area contributed by atoms with Crippen molar-refractivity contribution >= 4 is 23.4 Å². The molecule has 0 fully saturated rings. The summed E-state index contributed by atoms with van der Waals surface area (Å²) in [5.41, 5.74) is 3.61. The Hall–Kier alpha value is -2.71. The van der Waals surface area contributed by atoms with E-state index in [1.807, 2.05) is 32.0 Å². The predicted octanol–water partition coefficient (Wildman–Crippen LogP) is 3.52. The van der Waals surface area contributed by atoms with Crippen LogP contribution in [0.2, 0.25) is 0 Å². The number of amides is 1. The van der Waals surface area contributed by atoms with Crippen LogP contribution in [0.15, 0.2) is 47.5 Å². The Morgan fingerprint density at radius 1 is 1.15 bits per heavy atom. The highest BCUT2D eigenvalue weighted by atomic mass is 16.1. The van der Waals surface area contributed by atoms with Gasteiger partial charge >= 0.3 is 0 Å². The Morgan fingerprint density at radius 3 is 2.65 bits per heavy atom. The average molecular weight is 266 g/mol. The Morgan fingerprint density at radius 2 is 1.95 bits per heavy atom. The summed E-state index contributed by atoms with van der Waals surface area (Å²) in [4.78, 5) is 26.0. The van der Waals surface area contributed by atoms with Gasteiger partial charge in [0.15, 0.2) is 0 Å². The molecule has 4 nitrogen and oxygen atoms in total. The van der Waals surface area contributed by atoms with E-state index in [1.54, 1.807) is 24.3 Å². The van der Waals surface area contributed by atoms with Crippen LogP contribution in [0.4, 0.5) is 11.4 Å². The zero-order chi connectivity index (χ0) is 14.5. The van der Waals surface area contributed by atoms with Gasteiger partial charge in [0.1, 0.15) is 0 Å². The number of nitrogens with one attached hydrogen (secondary N) is 1. The van der Waals surface area contributed by atoms with Gasteiger partial charge < -0.3 is 5.32 Å². The van der Waals surface area contributed by atoms with E-state index in [2.05, 4.69) is 10.3 Å². The molecule has 1 N–H and O–H groups in total. The third kappa shape index (κ3) is 3.19. The summed E-state index contributed by atoms with van der Waals surface area (Å²) >= 11 is 0. The minimum atomic E-state index is -0.191. The standard InChI is InChI=1S/C16H14N2O2/c1-11-4-3-5-13(8-11)16(20)18-15-9-14(17-10-19)7-6-12(15)2/h3-9H,1-2H3,(H,18,20). The minimum Gasteiger partial charge on any atom is -0.322 e. The number of aryl methyl sites for hydroxylation is 2. The van der Waals surface area contributed by atoms with Crippen molar-refractivity contribution in [2.24, 2.45) is 4.99 Å². The smallest absolute Gasteiger partial charge is 0.255 e. The number of carbonyl (C=O) groups is 1. The average Bonchev–Trinajstić information content (AvgIpc) is 2.43. The van der Waals surface area contributed by atoms with E-state index in [4.69, 9.17) is 0 Å². The normalized spacial score (nSPS) is 9.70. The number of carbonyl (C=O) groups excluding carboxylic acids is 2. The topological polar surface area (TPSA) is 58.5 Å². The largest absolute Gasteiger partial charge is 0.322 e. The molecule has 0 aliphatic carbocycles. The molecule has 20 heavy (non-hydrogen) atoms. The molecule has 0 heterocycles. The van der Waals surface area contributed by atoms with E-state index in [1.165, 1.54) is 6.08 Å². The maximum Gasteiger partial charge on any atom is 0.255 e. The second-order valence-corrected chi connectivity index (χ2v) is 4.53. The zero-order valence-electron chi connectivity index (χ0n) is 11.3. The Labute approximate surface area is 117 Å². The number of nitrogens with zero attached hydrogens (tertiary/aromatic N) is 1. The summed E-state index contributed by atoms with van der Waals surface area (Å²) in [6.45, 7) is 3.81. The van der Waals surface area contributed by atoms with Crippen molar-refractivity contribution in [2.75, 3.05) is 5.32 Å². The van der Waals surface area contributed by atoms with Crippen LogP contribution in [-0.2, 0) is 4.79 Å². The molecule has 0 aliphatic heterocycles. The monoisotopic (exact) mass is 266 g/mol. The number of hydrogen-bond acceptors (Lipinski definition) is 3. The molecule has 2 aromatic rings. The summed E-state index contributed by atoms with van der Waals surface area (Å²) in [5.74, 6) is -0.191. The Balaban J connectivity index is 2.27. The van der Waals surface area contributed by atoms with Gasteiger partial charge in [-0.05, 0) is 43.7 Å².